The van der Waals surface area contributed by atoms with Crippen molar-refractivity contribution in [2.75, 3.05) is 5.32 Å². The van der Waals surface area contributed by atoms with Crippen LogP contribution in [0, 0.1) is 22.9 Å². The Morgan fingerprint density at radius 1 is 1.43 bits per heavy atom. The summed E-state index contributed by atoms with van der Waals surface area (Å²) in [5.74, 6) is -1.29. The van der Waals surface area contributed by atoms with Gasteiger partial charge in [0.15, 0.2) is 0 Å². The van der Waals surface area contributed by atoms with E-state index < -0.39 is 22.3 Å². The number of benzene rings is 1. The summed E-state index contributed by atoms with van der Waals surface area (Å²) in [7, 11) is 0. The summed E-state index contributed by atoms with van der Waals surface area (Å²) in [6.45, 7) is 1.66. The molecule has 0 spiro atoms. The molecule has 0 unspecified atom stereocenters. The Morgan fingerprint density at radius 3 is 2.76 bits per heavy atom. The predicted molar refractivity (Wildman–Crippen MR) is 75.0 cm³/mol. The highest BCUT2D eigenvalue weighted by atomic mass is 35.5. The molecule has 0 saturated heterocycles. The van der Waals surface area contributed by atoms with Crippen molar-refractivity contribution in [1.29, 1.82) is 0 Å². The van der Waals surface area contributed by atoms with Crippen molar-refractivity contribution in [3.05, 3.63) is 62.7 Å². The molecular formula is C13H9ClFN3O3. The van der Waals surface area contributed by atoms with E-state index in [0.717, 1.165) is 6.07 Å². The Kier molecular flexibility index (Phi) is 4.13. The monoisotopic (exact) mass is 309 g/mol. The van der Waals surface area contributed by atoms with Crippen LogP contribution in [0.4, 0.5) is 15.8 Å². The van der Waals surface area contributed by atoms with Crippen LogP contribution in [-0.2, 0) is 0 Å². The Hall–Kier alpha value is -2.54. The van der Waals surface area contributed by atoms with E-state index in [1.54, 1.807) is 6.92 Å². The van der Waals surface area contributed by atoms with Crippen LogP contribution in [0.2, 0.25) is 5.15 Å². The summed E-state index contributed by atoms with van der Waals surface area (Å²) >= 11 is 5.63. The second kappa shape index (κ2) is 5.84. The van der Waals surface area contributed by atoms with E-state index in [4.69, 9.17) is 11.6 Å². The maximum atomic E-state index is 13.3. The number of aryl methyl sites for hydroxylation is 1. The molecule has 0 aliphatic rings. The Morgan fingerprint density at radius 2 is 2.14 bits per heavy atom. The molecule has 1 N–H and O–H groups in total. The van der Waals surface area contributed by atoms with E-state index >= 15 is 0 Å². The van der Waals surface area contributed by atoms with Crippen molar-refractivity contribution in [2.45, 2.75) is 6.92 Å². The van der Waals surface area contributed by atoms with Crippen molar-refractivity contribution in [3.8, 4) is 0 Å². The number of nitrogens with one attached hydrogen (secondary N) is 1. The molecule has 8 heteroatoms. The molecule has 0 fully saturated rings. The van der Waals surface area contributed by atoms with E-state index in [1.807, 2.05) is 0 Å². The lowest BCUT2D eigenvalue weighted by molar-refractivity contribution is -0.385. The Balaban J connectivity index is 2.37. The molecule has 2 aromatic rings. The largest absolute Gasteiger partial charge is 0.322 e. The first-order valence-electron chi connectivity index (χ1n) is 5.76. The molecule has 1 heterocycles. The number of carbonyl (C=O) groups is 1. The second-order valence-corrected chi connectivity index (χ2v) is 4.58. The molecule has 0 radical (unpaired) electrons. The predicted octanol–water partition coefficient (Wildman–Crippen LogP) is 3.34. The van der Waals surface area contributed by atoms with Crippen molar-refractivity contribution in [1.82, 2.24) is 4.98 Å². The molecule has 6 nitrogen and oxygen atoms in total. The zero-order valence-electron chi connectivity index (χ0n) is 10.8. The van der Waals surface area contributed by atoms with E-state index in [1.165, 1.54) is 24.4 Å². The summed E-state index contributed by atoms with van der Waals surface area (Å²) in [5.41, 5.74) is -0.0426. The average molecular weight is 310 g/mol. The van der Waals surface area contributed by atoms with Gasteiger partial charge >= 0.3 is 5.69 Å². The topological polar surface area (TPSA) is 85.1 Å². The van der Waals surface area contributed by atoms with Crippen LogP contribution >= 0.6 is 11.6 Å². The molecule has 0 atom stereocenters. The number of pyridine rings is 1. The van der Waals surface area contributed by atoms with Crippen molar-refractivity contribution in [2.24, 2.45) is 0 Å². The lowest BCUT2D eigenvalue weighted by Crippen LogP contribution is -2.14. The number of nitro groups is 1. The normalized spacial score (nSPS) is 10.2. The first kappa shape index (κ1) is 14.9. The van der Waals surface area contributed by atoms with Crippen LogP contribution in [0.5, 0.6) is 0 Å². The molecule has 0 saturated carbocycles. The SMILES string of the molecule is Cc1cc(F)cc(NC(=O)c2ccnc(Cl)c2[N+](=O)[O-])c1. The number of rotatable bonds is 3. The molecular weight excluding hydrogens is 301 g/mol. The van der Waals surface area contributed by atoms with Gasteiger partial charge in [-0.1, -0.05) is 11.6 Å². The van der Waals surface area contributed by atoms with Gasteiger partial charge in [-0.05, 0) is 36.8 Å². The quantitative estimate of drug-likeness (QED) is 0.535. The molecule has 0 bridgehead atoms. The number of nitrogens with zero attached hydrogens (tertiary/aromatic N) is 2. The minimum Gasteiger partial charge on any atom is -0.322 e. The van der Waals surface area contributed by atoms with Gasteiger partial charge in [0.25, 0.3) is 5.91 Å². The third-order valence-corrected chi connectivity index (χ3v) is 2.88. The molecule has 0 aliphatic heterocycles. The first-order valence-corrected chi connectivity index (χ1v) is 6.13. The maximum absolute atomic E-state index is 13.3. The lowest BCUT2D eigenvalue weighted by atomic mass is 10.2. The summed E-state index contributed by atoms with van der Waals surface area (Å²) in [5, 5.41) is 13.0. The Labute approximate surface area is 123 Å². The minimum absolute atomic E-state index is 0.194. The molecule has 1 aromatic carbocycles. The van der Waals surface area contributed by atoms with Gasteiger partial charge in [-0.2, -0.15) is 0 Å². The van der Waals surface area contributed by atoms with E-state index in [9.17, 15) is 19.3 Å². The van der Waals surface area contributed by atoms with E-state index in [0.29, 0.717) is 5.56 Å². The molecule has 1 amide bonds. The molecule has 21 heavy (non-hydrogen) atoms. The number of hydrogen-bond donors (Lipinski definition) is 1. The summed E-state index contributed by atoms with van der Waals surface area (Å²) in [4.78, 5) is 25.8. The van der Waals surface area contributed by atoms with Crippen molar-refractivity contribution < 1.29 is 14.1 Å². The number of aromatic nitrogens is 1. The maximum Gasteiger partial charge on any atom is 0.319 e. The third kappa shape index (κ3) is 3.32. The van der Waals surface area contributed by atoms with Gasteiger partial charge < -0.3 is 5.32 Å². The van der Waals surface area contributed by atoms with Gasteiger partial charge in [0.05, 0.1) is 4.92 Å². The fraction of sp³-hybridized carbons (Fsp3) is 0.0769. The van der Waals surface area contributed by atoms with Gasteiger partial charge in [0, 0.05) is 11.9 Å². The van der Waals surface area contributed by atoms with E-state index in [2.05, 4.69) is 10.3 Å². The van der Waals surface area contributed by atoms with Crippen LogP contribution in [-0.4, -0.2) is 15.8 Å². The van der Waals surface area contributed by atoms with Crippen LogP contribution in [0.25, 0.3) is 0 Å². The molecule has 1 aromatic heterocycles. The van der Waals surface area contributed by atoms with Crippen LogP contribution in [0.1, 0.15) is 15.9 Å². The number of carbonyl (C=O) groups excluding carboxylic acids is 1. The summed E-state index contributed by atoms with van der Waals surface area (Å²) in [6.07, 6.45) is 1.18. The third-order valence-electron chi connectivity index (χ3n) is 2.61. The number of hydrogen-bond acceptors (Lipinski definition) is 4. The minimum atomic E-state index is -0.791. The highest BCUT2D eigenvalue weighted by molar-refractivity contribution is 6.32. The zero-order valence-corrected chi connectivity index (χ0v) is 11.5. The highest BCUT2D eigenvalue weighted by Gasteiger charge is 2.24. The average Bonchev–Trinajstić information content (AvgIpc) is 2.36. The van der Waals surface area contributed by atoms with Crippen molar-refractivity contribution in [3.63, 3.8) is 0 Å². The van der Waals surface area contributed by atoms with Crippen LogP contribution < -0.4 is 5.32 Å². The van der Waals surface area contributed by atoms with Gasteiger partial charge in [-0.25, -0.2) is 9.37 Å². The second-order valence-electron chi connectivity index (χ2n) is 4.23. The summed E-state index contributed by atoms with van der Waals surface area (Å²) < 4.78 is 13.3. The Bertz CT molecular complexity index is 716. The van der Waals surface area contributed by atoms with E-state index in [-0.39, 0.29) is 16.4 Å². The molecule has 108 valence electrons. The van der Waals surface area contributed by atoms with Gasteiger partial charge in [0.1, 0.15) is 11.4 Å². The van der Waals surface area contributed by atoms with Crippen LogP contribution in [0.15, 0.2) is 30.5 Å². The zero-order chi connectivity index (χ0) is 15.6. The number of halogens is 2. The van der Waals surface area contributed by atoms with Crippen molar-refractivity contribution >= 4 is 28.9 Å². The highest BCUT2D eigenvalue weighted by Crippen LogP contribution is 2.26. The number of anilines is 1. The molecule has 0 aliphatic carbocycles. The first-order chi connectivity index (χ1) is 9.88. The molecule has 2 rings (SSSR count). The fourth-order valence-corrected chi connectivity index (χ4v) is 2.02. The summed E-state index contributed by atoms with van der Waals surface area (Å²) in [6, 6.07) is 5.11. The van der Waals surface area contributed by atoms with Gasteiger partial charge in [-0.15, -0.1) is 0 Å². The lowest BCUT2D eigenvalue weighted by Gasteiger charge is -2.07. The van der Waals surface area contributed by atoms with Gasteiger partial charge in [-0.3, -0.25) is 14.9 Å². The number of amides is 1. The smallest absolute Gasteiger partial charge is 0.319 e. The fourth-order valence-electron chi connectivity index (χ4n) is 1.79. The standard InChI is InChI=1S/C13H9ClFN3O3/c1-7-4-8(15)6-9(5-7)17-13(19)10-2-3-16-12(14)11(10)18(20)21/h2-6H,1H3,(H,17,19). The van der Waals surface area contributed by atoms with Crippen LogP contribution in [0.3, 0.4) is 0 Å². The van der Waals surface area contributed by atoms with Gasteiger partial charge in [0.2, 0.25) is 5.15 Å².